The number of para-hydroxylation sites is 2. The first-order valence-electron chi connectivity index (χ1n) is 12.7. The van der Waals surface area contributed by atoms with Crippen molar-refractivity contribution in [1.82, 2.24) is 4.57 Å². The highest BCUT2D eigenvalue weighted by atomic mass is 16.5. The van der Waals surface area contributed by atoms with Gasteiger partial charge in [-0.15, -0.1) is 0 Å². The molecule has 0 radical (unpaired) electrons. The van der Waals surface area contributed by atoms with Crippen molar-refractivity contribution in [1.29, 1.82) is 0 Å². The van der Waals surface area contributed by atoms with Gasteiger partial charge in [-0.2, -0.15) is 0 Å². The van der Waals surface area contributed by atoms with Gasteiger partial charge in [0.15, 0.2) is 0 Å². The van der Waals surface area contributed by atoms with Gasteiger partial charge >= 0.3 is 0 Å². The summed E-state index contributed by atoms with van der Waals surface area (Å²) in [5.74, 6) is 1.92. The van der Waals surface area contributed by atoms with Gasteiger partial charge in [-0.05, 0) is 83.7 Å². The van der Waals surface area contributed by atoms with Crippen molar-refractivity contribution in [2.24, 2.45) is 0 Å². The number of rotatable bonds is 1. The molecule has 2 nitrogen and oxygen atoms in total. The number of aryl methyl sites for hydroxylation is 3. The van der Waals surface area contributed by atoms with Gasteiger partial charge in [-0.25, -0.2) is 0 Å². The van der Waals surface area contributed by atoms with Crippen molar-refractivity contribution in [3.8, 4) is 28.3 Å². The largest absolute Gasteiger partial charge is 0.458 e. The summed E-state index contributed by atoms with van der Waals surface area (Å²) in [6.45, 7) is 6.74. The molecular formula is C33H24BNO. The predicted octanol–water partition coefficient (Wildman–Crippen LogP) is 6.31. The summed E-state index contributed by atoms with van der Waals surface area (Å²) in [6.07, 6.45) is 0. The van der Waals surface area contributed by atoms with Crippen molar-refractivity contribution >= 4 is 44.9 Å². The van der Waals surface area contributed by atoms with Crippen LogP contribution in [0.3, 0.4) is 0 Å². The van der Waals surface area contributed by atoms with Crippen LogP contribution in [0.4, 0.5) is 0 Å². The lowest BCUT2D eigenvalue weighted by atomic mass is 9.34. The maximum atomic E-state index is 6.58. The standard InChI is InChI=1S/C33H24BNO/c1-19-16-20(2)31(21(3)17-19)22-14-15-29-26(18-22)34-25-10-6-9-24-23-8-4-5-11-27(23)35(33(24)25)28-12-7-13-30(36-29)32(28)34/h4-18H,1-3H3. The van der Waals surface area contributed by atoms with Gasteiger partial charge in [-0.3, -0.25) is 0 Å². The molecule has 0 N–H and O–H groups in total. The van der Waals surface area contributed by atoms with E-state index >= 15 is 0 Å². The Bertz CT molecular complexity index is 1890. The SMILES string of the molecule is Cc1cc(C)c(-c2ccc3c(c2)B2c4c(cccc4-n4c5ccccc5c5cccc2c54)O3)c(C)c1. The third-order valence-corrected chi connectivity index (χ3v) is 8.12. The zero-order valence-corrected chi connectivity index (χ0v) is 20.6. The third-order valence-electron chi connectivity index (χ3n) is 8.12. The normalized spacial score (nSPS) is 13.0. The first kappa shape index (κ1) is 20.0. The molecule has 0 bridgehead atoms. The number of nitrogens with zero attached hydrogens (tertiary/aromatic N) is 1. The summed E-state index contributed by atoms with van der Waals surface area (Å²) in [5, 5.41) is 2.61. The van der Waals surface area contributed by atoms with Crippen LogP contribution in [0.25, 0.3) is 38.6 Å². The number of fused-ring (bicyclic) bond motifs is 7. The lowest BCUT2D eigenvalue weighted by Gasteiger charge is -2.33. The fourth-order valence-electron chi connectivity index (χ4n) is 6.89. The average molecular weight is 461 g/mol. The molecule has 0 fully saturated rings. The van der Waals surface area contributed by atoms with E-state index in [0.717, 1.165) is 11.5 Å². The Labute approximate surface area is 210 Å². The molecule has 0 aliphatic carbocycles. The Morgan fingerprint density at radius 1 is 0.667 bits per heavy atom. The summed E-state index contributed by atoms with van der Waals surface area (Å²) in [4.78, 5) is 0. The van der Waals surface area contributed by atoms with Crippen LogP contribution in [-0.4, -0.2) is 11.3 Å². The van der Waals surface area contributed by atoms with E-state index in [1.165, 1.54) is 71.7 Å². The Morgan fingerprint density at radius 3 is 2.31 bits per heavy atom. The van der Waals surface area contributed by atoms with Crippen LogP contribution in [0.15, 0.2) is 91.0 Å². The molecule has 8 rings (SSSR count). The highest BCUT2D eigenvalue weighted by Crippen LogP contribution is 2.38. The Balaban J connectivity index is 1.47. The molecule has 1 aromatic heterocycles. The molecule has 2 aliphatic heterocycles. The van der Waals surface area contributed by atoms with Gasteiger partial charge in [-0.1, -0.05) is 72.3 Å². The average Bonchev–Trinajstić information content (AvgIpc) is 3.21. The second-order valence-corrected chi connectivity index (χ2v) is 10.3. The summed E-state index contributed by atoms with van der Waals surface area (Å²) in [6, 6.07) is 33.4. The summed E-state index contributed by atoms with van der Waals surface area (Å²) < 4.78 is 9.03. The molecule has 170 valence electrons. The van der Waals surface area contributed by atoms with Crippen molar-refractivity contribution in [2.45, 2.75) is 20.8 Å². The van der Waals surface area contributed by atoms with Crippen LogP contribution in [0.2, 0.25) is 0 Å². The van der Waals surface area contributed by atoms with Gasteiger partial charge in [0.2, 0.25) is 0 Å². The first-order chi connectivity index (χ1) is 17.6. The van der Waals surface area contributed by atoms with E-state index in [2.05, 4.69) is 116 Å². The lowest BCUT2D eigenvalue weighted by Crippen LogP contribution is -2.58. The molecule has 0 saturated heterocycles. The molecule has 0 spiro atoms. The van der Waals surface area contributed by atoms with Gasteiger partial charge < -0.3 is 9.30 Å². The number of ether oxygens (including phenoxy) is 1. The summed E-state index contributed by atoms with van der Waals surface area (Å²) >= 11 is 0. The molecule has 5 aromatic carbocycles. The van der Waals surface area contributed by atoms with Crippen molar-refractivity contribution in [3.05, 3.63) is 108 Å². The smallest absolute Gasteiger partial charge is 0.256 e. The third kappa shape index (κ3) is 2.47. The minimum atomic E-state index is 0.131. The van der Waals surface area contributed by atoms with E-state index in [1.807, 2.05) is 0 Å². The number of hydrogen-bond acceptors (Lipinski definition) is 1. The van der Waals surface area contributed by atoms with Crippen LogP contribution in [0.1, 0.15) is 16.7 Å². The highest BCUT2D eigenvalue weighted by molar-refractivity contribution is 6.99. The van der Waals surface area contributed by atoms with Crippen molar-refractivity contribution in [2.75, 3.05) is 0 Å². The summed E-state index contributed by atoms with van der Waals surface area (Å²) in [7, 11) is 0. The minimum absolute atomic E-state index is 0.131. The van der Waals surface area contributed by atoms with Crippen LogP contribution in [0, 0.1) is 20.8 Å². The number of aromatic nitrogens is 1. The Hall–Kier alpha value is -4.24. The molecule has 0 atom stereocenters. The topological polar surface area (TPSA) is 14.2 Å². The zero-order chi connectivity index (χ0) is 24.1. The van der Waals surface area contributed by atoms with Gasteiger partial charge in [0, 0.05) is 22.0 Å². The van der Waals surface area contributed by atoms with Gasteiger partial charge in [0.05, 0.1) is 5.52 Å². The predicted molar refractivity (Wildman–Crippen MR) is 152 cm³/mol. The van der Waals surface area contributed by atoms with Gasteiger partial charge in [0.25, 0.3) is 6.71 Å². The highest BCUT2D eigenvalue weighted by Gasteiger charge is 2.40. The molecule has 3 heterocycles. The molecule has 0 amide bonds. The first-order valence-corrected chi connectivity index (χ1v) is 12.7. The molecule has 2 aliphatic rings. The van der Waals surface area contributed by atoms with Crippen LogP contribution in [-0.2, 0) is 0 Å². The van der Waals surface area contributed by atoms with E-state index in [4.69, 9.17) is 4.74 Å². The van der Waals surface area contributed by atoms with E-state index in [1.54, 1.807) is 0 Å². The zero-order valence-electron chi connectivity index (χ0n) is 20.6. The maximum Gasteiger partial charge on any atom is 0.256 e. The molecular weight excluding hydrogens is 437 g/mol. The Kier molecular flexibility index (Phi) is 3.85. The van der Waals surface area contributed by atoms with E-state index in [9.17, 15) is 0 Å². The van der Waals surface area contributed by atoms with E-state index in [0.29, 0.717) is 0 Å². The fourth-order valence-corrected chi connectivity index (χ4v) is 6.89. The molecule has 0 unspecified atom stereocenters. The van der Waals surface area contributed by atoms with Crippen molar-refractivity contribution in [3.63, 3.8) is 0 Å². The Morgan fingerprint density at radius 2 is 1.44 bits per heavy atom. The summed E-state index contributed by atoms with van der Waals surface area (Å²) in [5.41, 5.74) is 14.2. The molecule has 36 heavy (non-hydrogen) atoms. The lowest BCUT2D eigenvalue weighted by molar-refractivity contribution is 0.487. The quantitative estimate of drug-likeness (QED) is 0.261. The van der Waals surface area contributed by atoms with E-state index in [-0.39, 0.29) is 6.71 Å². The van der Waals surface area contributed by atoms with Crippen molar-refractivity contribution < 1.29 is 4.74 Å². The van der Waals surface area contributed by atoms with Gasteiger partial charge in [0.1, 0.15) is 11.5 Å². The monoisotopic (exact) mass is 461 g/mol. The fraction of sp³-hybridized carbons (Fsp3) is 0.0909. The number of hydrogen-bond donors (Lipinski definition) is 0. The second kappa shape index (κ2) is 6.92. The van der Waals surface area contributed by atoms with Crippen LogP contribution >= 0.6 is 0 Å². The van der Waals surface area contributed by atoms with Crippen LogP contribution < -0.4 is 21.1 Å². The molecule has 3 heteroatoms. The van der Waals surface area contributed by atoms with E-state index < -0.39 is 0 Å². The maximum absolute atomic E-state index is 6.58. The molecule has 0 saturated carbocycles. The van der Waals surface area contributed by atoms with Crippen LogP contribution in [0.5, 0.6) is 11.5 Å². The minimum Gasteiger partial charge on any atom is -0.458 e. The molecule has 6 aromatic rings. The second-order valence-electron chi connectivity index (χ2n) is 10.3. The number of benzene rings is 5.